The Morgan fingerprint density at radius 2 is 1.52 bits per heavy atom. The SMILES string of the molecule is CC1OC(=O)C(C2CCC2)OC(=O)C(C)C(O)C(Cc2c(F)c(F)c(F)c(F)c2F)NC(=O)C1NC(=O)c1ccccc1O. The van der Waals surface area contributed by atoms with Crippen LogP contribution in [0.15, 0.2) is 24.3 Å². The molecule has 2 fully saturated rings. The van der Waals surface area contributed by atoms with Crippen LogP contribution in [0.1, 0.15) is 49.0 Å². The van der Waals surface area contributed by atoms with Gasteiger partial charge in [-0.3, -0.25) is 14.4 Å². The van der Waals surface area contributed by atoms with Gasteiger partial charge < -0.3 is 30.3 Å². The predicted molar refractivity (Wildman–Crippen MR) is 139 cm³/mol. The van der Waals surface area contributed by atoms with Crippen molar-refractivity contribution in [3.63, 3.8) is 0 Å². The fraction of sp³-hybridized carbons (Fsp3) is 0.448. The fourth-order valence-electron chi connectivity index (χ4n) is 4.98. The zero-order valence-corrected chi connectivity index (χ0v) is 23.4. The topological polar surface area (TPSA) is 151 Å². The molecule has 2 aromatic carbocycles. The number of hydrogen-bond acceptors (Lipinski definition) is 8. The number of aliphatic hydroxyl groups excluding tert-OH is 1. The molecule has 1 aliphatic heterocycles. The summed E-state index contributed by atoms with van der Waals surface area (Å²) in [4.78, 5) is 52.7. The summed E-state index contributed by atoms with van der Waals surface area (Å²) >= 11 is 0. The van der Waals surface area contributed by atoms with E-state index in [1.165, 1.54) is 31.2 Å². The number of benzene rings is 2. The maximum atomic E-state index is 14.6. The van der Waals surface area contributed by atoms with Crippen LogP contribution in [0.3, 0.4) is 0 Å². The van der Waals surface area contributed by atoms with Crippen molar-refractivity contribution in [1.29, 1.82) is 0 Å². The summed E-state index contributed by atoms with van der Waals surface area (Å²) in [5.41, 5.74) is -1.67. The molecule has 2 aromatic rings. The standard InChI is InChI=1S/C29H29F5N2O8/c1-11-24(38)16(10-15-18(30)20(32)22(34)21(33)19(15)31)35-27(40)23(36-26(39)14-8-3-4-9-17(14)37)12(2)43-29(42)25(44-28(11)41)13-6-5-7-13/h3-4,8-9,11-13,16,23-25,37-38H,5-7,10H2,1-2H3,(H,35,40)(H,36,39). The molecule has 2 amide bonds. The summed E-state index contributed by atoms with van der Waals surface area (Å²) in [6.45, 7) is 2.32. The van der Waals surface area contributed by atoms with Gasteiger partial charge in [-0.1, -0.05) is 18.6 Å². The lowest BCUT2D eigenvalue weighted by atomic mass is 9.81. The number of para-hydroxylation sites is 1. The lowest BCUT2D eigenvalue weighted by Gasteiger charge is -2.36. The Bertz CT molecular complexity index is 1440. The molecule has 15 heteroatoms. The Hall–Kier alpha value is -4.27. The van der Waals surface area contributed by atoms with E-state index >= 15 is 0 Å². The van der Waals surface area contributed by atoms with Crippen molar-refractivity contribution in [3.8, 4) is 5.75 Å². The smallest absolute Gasteiger partial charge is 0.348 e. The normalized spacial score (nSPS) is 26.8. The number of cyclic esters (lactones) is 2. The Morgan fingerprint density at radius 3 is 2.09 bits per heavy atom. The van der Waals surface area contributed by atoms with E-state index in [1.807, 2.05) is 0 Å². The minimum Gasteiger partial charge on any atom is -0.507 e. The average molecular weight is 629 g/mol. The van der Waals surface area contributed by atoms with Crippen molar-refractivity contribution in [2.24, 2.45) is 11.8 Å². The molecule has 1 heterocycles. The molecule has 1 saturated heterocycles. The second kappa shape index (κ2) is 13.2. The number of amides is 2. The number of nitrogens with one attached hydrogen (secondary N) is 2. The molecule has 2 aliphatic rings. The monoisotopic (exact) mass is 628 g/mol. The summed E-state index contributed by atoms with van der Waals surface area (Å²) in [5.74, 6) is -18.3. The van der Waals surface area contributed by atoms with Crippen LogP contribution in [-0.4, -0.2) is 64.4 Å². The molecule has 0 radical (unpaired) electrons. The van der Waals surface area contributed by atoms with Crippen LogP contribution in [0.25, 0.3) is 0 Å². The minimum absolute atomic E-state index is 0.280. The van der Waals surface area contributed by atoms with Crippen LogP contribution in [0.5, 0.6) is 5.75 Å². The van der Waals surface area contributed by atoms with Crippen molar-refractivity contribution in [3.05, 3.63) is 64.5 Å². The van der Waals surface area contributed by atoms with Crippen LogP contribution >= 0.6 is 0 Å². The first-order chi connectivity index (χ1) is 20.7. The van der Waals surface area contributed by atoms with E-state index in [0.29, 0.717) is 19.3 Å². The average Bonchev–Trinajstić information content (AvgIpc) is 2.96. The Balaban J connectivity index is 1.75. The van der Waals surface area contributed by atoms with Gasteiger partial charge in [0.25, 0.3) is 5.91 Å². The fourth-order valence-corrected chi connectivity index (χ4v) is 4.98. The van der Waals surface area contributed by atoms with E-state index in [2.05, 4.69) is 10.6 Å². The second-order valence-electron chi connectivity index (χ2n) is 10.8. The molecule has 6 atom stereocenters. The summed E-state index contributed by atoms with van der Waals surface area (Å²) < 4.78 is 81.7. The second-order valence-corrected chi connectivity index (χ2v) is 10.8. The van der Waals surface area contributed by atoms with E-state index in [1.54, 1.807) is 0 Å². The molecular weight excluding hydrogens is 599 g/mol. The molecule has 4 rings (SSSR count). The number of rotatable bonds is 5. The van der Waals surface area contributed by atoms with Gasteiger partial charge in [0.1, 0.15) is 17.9 Å². The third kappa shape index (κ3) is 6.47. The number of phenols is 1. The maximum Gasteiger partial charge on any atom is 0.348 e. The first-order valence-corrected chi connectivity index (χ1v) is 13.7. The van der Waals surface area contributed by atoms with E-state index in [-0.39, 0.29) is 5.56 Å². The van der Waals surface area contributed by atoms with Gasteiger partial charge in [0.05, 0.1) is 23.6 Å². The Kier molecular flexibility index (Phi) is 9.76. The van der Waals surface area contributed by atoms with E-state index < -0.39 is 113 Å². The zero-order chi connectivity index (χ0) is 32.5. The first kappa shape index (κ1) is 32.6. The van der Waals surface area contributed by atoms with Gasteiger partial charge in [0.15, 0.2) is 23.3 Å². The molecule has 0 spiro atoms. The molecule has 4 N–H and O–H groups in total. The molecule has 0 aromatic heterocycles. The molecule has 0 bridgehead atoms. The molecule has 1 saturated carbocycles. The van der Waals surface area contributed by atoms with Crippen LogP contribution in [0.2, 0.25) is 0 Å². The number of carbonyl (C=O) groups is 4. The van der Waals surface area contributed by atoms with Crippen LogP contribution < -0.4 is 10.6 Å². The number of ether oxygens (including phenoxy) is 2. The van der Waals surface area contributed by atoms with Gasteiger partial charge in [-0.2, -0.15) is 0 Å². The highest BCUT2D eigenvalue weighted by Gasteiger charge is 2.44. The van der Waals surface area contributed by atoms with Gasteiger partial charge in [-0.05, 0) is 38.8 Å². The van der Waals surface area contributed by atoms with Crippen molar-refractivity contribution < 1.29 is 60.8 Å². The van der Waals surface area contributed by atoms with Crippen molar-refractivity contribution in [1.82, 2.24) is 10.6 Å². The van der Waals surface area contributed by atoms with E-state index in [0.717, 1.165) is 6.92 Å². The van der Waals surface area contributed by atoms with E-state index in [4.69, 9.17) is 9.47 Å². The van der Waals surface area contributed by atoms with Crippen LogP contribution in [0, 0.1) is 40.9 Å². The lowest BCUT2D eigenvalue weighted by molar-refractivity contribution is -0.183. The summed E-state index contributed by atoms with van der Waals surface area (Å²) in [5, 5.41) is 25.7. The number of aliphatic hydroxyl groups is 1. The number of halogens is 5. The number of esters is 2. The first-order valence-electron chi connectivity index (χ1n) is 13.7. The third-order valence-electron chi connectivity index (χ3n) is 7.89. The van der Waals surface area contributed by atoms with E-state index in [9.17, 15) is 51.3 Å². The minimum atomic E-state index is -2.42. The van der Waals surface area contributed by atoms with Gasteiger partial charge >= 0.3 is 11.9 Å². The van der Waals surface area contributed by atoms with Gasteiger partial charge in [0, 0.05) is 17.9 Å². The maximum absolute atomic E-state index is 14.6. The highest BCUT2D eigenvalue weighted by Crippen LogP contribution is 2.33. The highest BCUT2D eigenvalue weighted by atomic mass is 19.2. The summed E-state index contributed by atoms with van der Waals surface area (Å²) in [6.07, 6.45) is -4.53. The quantitative estimate of drug-likeness (QED) is 0.171. The molecule has 44 heavy (non-hydrogen) atoms. The number of aromatic hydroxyl groups is 1. The van der Waals surface area contributed by atoms with Crippen LogP contribution in [-0.2, 0) is 30.3 Å². The molecular formula is C29H29F5N2O8. The highest BCUT2D eigenvalue weighted by molar-refractivity contribution is 6.00. The van der Waals surface area contributed by atoms with Crippen LogP contribution in [0.4, 0.5) is 22.0 Å². The number of hydrogen-bond donors (Lipinski definition) is 4. The van der Waals surface area contributed by atoms with Crippen molar-refractivity contribution in [2.75, 3.05) is 0 Å². The zero-order valence-electron chi connectivity index (χ0n) is 23.4. The number of phenolic OH excluding ortho intramolecular Hbond substituents is 1. The van der Waals surface area contributed by atoms with Crippen molar-refractivity contribution in [2.45, 2.75) is 69.9 Å². The molecule has 1 aliphatic carbocycles. The summed E-state index contributed by atoms with van der Waals surface area (Å²) in [6, 6.07) is 1.56. The largest absolute Gasteiger partial charge is 0.507 e. The van der Waals surface area contributed by atoms with Gasteiger partial charge in [-0.15, -0.1) is 0 Å². The lowest BCUT2D eigenvalue weighted by Crippen LogP contribution is -2.59. The third-order valence-corrected chi connectivity index (χ3v) is 7.89. The van der Waals surface area contributed by atoms with Gasteiger partial charge in [0.2, 0.25) is 17.8 Å². The predicted octanol–water partition coefficient (Wildman–Crippen LogP) is 2.57. The van der Waals surface area contributed by atoms with Gasteiger partial charge in [-0.25, -0.2) is 26.7 Å². The molecule has 6 unspecified atom stereocenters. The van der Waals surface area contributed by atoms with Crippen molar-refractivity contribution >= 4 is 23.8 Å². The molecule has 238 valence electrons. The Labute approximate surface area is 247 Å². The molecule has 10 nitrogen and oxygen atoms in total. The number of carbonyl (C=O) groups excluding carboxylic acids is 4. The Morgan fingerprint density at radius 1 is 0.932 bits per heavy atom. The summed E-state index contributed by atoms with van der Waals surface area (Å²) in [7, 11) is 0.